The molecule has 4 N–H and O–H groups in total. The second-order valence-electron chi connectivity index (χ2n) is 5.69. The van der Waals surface area contributed by atoms with Crippen LogP contribution in [0.2, 0.25) is 0 Å². The van der Waals surface area contributed by atoms with Crippen molar-refractivity contribution in [2.75, 3.05) is 35.9 Å². The van der Waals surface area contributed by atoms with Gasteiger partial charge in [0.15, 0.2) is 0 Å². The summed E-state index contributed by atoms with van der Waals surface area (Å²) in [5.41, 5.74) is 1.99. The van der Waals surface area contributed by atoms with Crippen LogP contribution in [0.3, 0.4) is 0 Å². The first-order valence-electron chi connectivity index (χ1n) is 7.48. The van der Waals surface area contributed by atoms with Crippen molar-refractivity contribution in [1.82, 2.24) is 5.32 Å². The Morgan fingerprint density at radius 3 is 3.00 bits per heavy atom. The molecule has 1 aromatic carbocycles. The fourth-order valence-corrected chi connectivity index (χ4v) is 3.67. The van der Waals surface area contributed by atoms with Crippen LogP contribution in [0.1, 0.15) is 12.0 Å². The lowest BCUT2D eigenvalue weighted by Crippen LogP contribution is -2.43. The molecular weight excluding hydrogens is 320 g/mol. The summed E-state index contributed by atoms with van der Waals surface area (Å²) < 4.78 is 29.6. The van der Waals surface area contributed by atoms with Crippen LogP contribution in [-0.4, -0.2) is 46.7 Å². The van der Waals surface area contributed by atoms with Crippen molar-refractivity contribution in [3.05, 3.63) is 23.8 Å². The maximum absolute atomic E-state index is 12.1. The van der Waals surface area contributed by atoms with Gasteiger partial charge < -0.3 is 15.4 Å². The monoisotopic (exact) mass is 340 g/mol. The van der Waals surface area contributed by atoms with Gasteiger partial charge in [-0.2, -0.15) is 8.42 Å². The molecule has 0 saturated carbocycles. The SMILES string of the molecule is NS(=O)(=O)N1CCc2ccc(NC(=O)CC3COCCN3)cc21. The van der Waals surface area contributed by atoms with Gasteiger partial charge in [-0.05, 0) is 24.1 Å². The topological polar surface area (TPSA) is 114 Å². The lowest BCUT2D eigenvalue weighted by molar-refractivity contribution is -0.117. The second kappa shape index (κ2) is 6.44. The lowest BCUT2D eigenvalue weighted by Gasteiger charge is -2.23. The van der Waals surface area contributed by atoms with Gasteiger partial charge in [-0.25, -0.2) is 5.14 Å². The van der Waals surface area contributed by atoms with Gasteiger partial charge >= 0.3 is 0 Å². The summed E-state index contributed by atoms with van der Waals surface area (Å²) in [5.74, 6) is -0.145. The highest BCUT2D eigenvalue weighted by Crippen LogP contribution is 2.32. The molecule has 0 radical (unpaired) electrons. The number of fused-ring (bicyclic) bond motifs is 1. The fraction of sp³-hybridized carbons (Fsp3) is 0.500. The van der Waals surface area contributed by atoms with Crippen LogP contribution in [0.15, 0.2) is 18.2 Å². The van der Waals surface area contributed by atoms with Crippen LogP contribution in [-0.2, 0) is 26.2 Å². The van der Waals surface area contributed by atoms with Crippen LogP contribution < -0.4 is 20.1 Å². The van der Waals surface area contributed by atoms with Crippen LogP contribution >= 0.6 is 0 Å². The third kappa shape index (κ3) is 3.81. The Morgan fingerprint density at radius 2 is 2.30 bits per heavy atom. The minimum Gasteiger partial charge on any atom is -0.378 e. The molecule has 2 heterocycles. The van der Waals surface area contributed by atoms with E-state index in [4.69, 9.17) is 9.88 Å². The van der Waals surface area contributed by atoms with E-state index < -0.39 is 10.2 Å². The quantitative estimate of drug-likeness (QED) is 0.688. The molecule has 1 aromatic rings. The van der Waals surface area contributed by atoms with Gasteiger partial charge in [0.1, 0.15) is 0 Å². The molecule has 1 unspecified atom stereocenters. The van der Waals surface area contributed by atoms with Gasteiger partial charge in [0.25, 0.3) is 10.2 Å². The molecule has 1 saturated heterocycles. The average molecular weight is 340 g/mol. The molecule has 9 heteroatoms. The number of hydrogen-bond acceptors (Lipinski definition) is 5. The van der Waals surface area contributed by atoms with Gasteiger partial charge in [0.05, 0.1) is 18.9 Å². The van der Waals surface area contributed by atoms with Gasteiger partial charge in [0.2, 0.25) is 5.91 Å². The smallest absolute Gasteiger partial charge is 0.299 e. The van der Waals surface area contributed by atoms with E-state index in [1.165, 1.54) is 0 Å². The molecule has 0 bridgehead atoms. The number of morpholine rings is 1. The summed E-state index contributed by atoms with van der Waals surface area (Å²) in [6.07, 6.45) is 0.916. The van der Waals surface area contributed by atoms with Crippen molar-refractivity contribution in [2.45, 2.75) is 18.9 Å². The molecule has 2 aliphatic rings. The number of ether oxygens (including phenoxy) is 1. The van der Waals surface area contributed by atoms with Crippen molar-refractivity contribution in [2.24, 2.45) is 5.14 Å². The van der Waals surface area contributed by atoms with Gasteiger partial charge in [0, 0.05) is 31.2 Å². The zero-order valence-electron chi connectivity index (χ0n) is 12.6. The van der Waals surface area contributed by atoms with Gasteiger partial charge in [-0.3, -0.25) is 9.10 Å². The Bertz CT molecular complexity index is 701. The van der Waals surface area contributed by atoms with Crippen molar-refractivity contribution >= 4 is 27.5 Å². The molecule has 1 amide bonds. The molecule has 2 aliphatic heterocycles. The standard InChI is InChI=1S/C14H20N4O4S/c15-23(20,21)18-5-3-10-1-2-11(7-13(10)18)17-14(19)8-12-9-22-6-4-16-12/h1-2,7,12,16H,3-6,8-9H2,(H,17,19)(H2,15,20,21). The highest BCUT2D eigenvalue weighted by atomic mass is 32.2. The second-order valence-corrected chi connectivity index (χ2v) is 7.16. The summed E-state index contributed by atoms with van der Waals surface area (Å²) in [4.78, 5) is 12.1. The van der Waals surface area contributed by atoms with E-state index in [1.54, 1.807) is 12.1 Å². The number of carbonyl (C=O) groups is 1. The largest absolute Gasteiger partial charge is 0.378 e. The average Bonchev–Trinajstić information content (AvgIpc) is 2.91. The molecular formula is C14H20N4O4S. The maximum Gasteiger partial charge on any atom is 0.299 e. The van der Waals surface area contributed by atoms with Crippen molar-refractivity contribution in [3.8, 4) is 0 Å². The number of carbonyl (C=O) groups excluding carboxylic acids is 1. The summed E-state index contributed by atoms with van der Waals surface area (Å²) >= 11 is 0. The summed E-state index contributed by atoms with van der Waals surface area (Å²) in [6.45, 7) is 2.23. The van der Waals surface area contributed by atoms with E-state index >= 15 is 0 Å². The molecule has 3 rings (SSSR count). The Labute approximate surface area is 135 Å². The van der Waals surface area contributed by atoms with Crippen molar-refractivity contribution in [1.29, 1.82) is 0 Å². The summed E-state index contributed by atoms with van der Waals surface area (Å²) in [7, 11) is -3.79. The first-order valence-corrected chi connectivity index (χ1v) is 8.98. The molecule has 0 spiro atoms. The highest BCUT2D eigenvalue weighted by Gasteiger charge is 2.27. The van der Waals surface area contributed by atoms with Crippen molar-refractivity contribution < 1.29 is 17.9 Å². The normalized spacial score (nSPS) is 21.1. The fourth-order valence-electron chi connectivity index (χ4n) is 2.88. The van der Waals surface area contributed by atoms with E-state index in [2.05, 4.69) is 10.6 Å². The molecule has 126 valence electrons. The van der Waals surface area contributed by atoms with Crippen molar-refractivity contribution in [3.63, 3.8) is 0 Å². The van der Waals surface area contributed by atoms with Gasteiger partial charge in [-0.1, -0.05) is 6.07 Å². The number of amides is 1. The van der Waals surface area contributed by atoms with Crippen LogP contribution in [0, 0.1) is 0 Å². The molecule has 8 nitrogen and oxygen atoms in total. The maximum atomic E-state index is 12.1. The van der Waals surface area contributed by atoms with E-state index in [1.807, 2.05) is 6.07 Å². The number of nitrogens with two attached hydrogens (primary N) is 1. The molecule has 1 atom stereocenters. The number of anilines is 2. The third-order valence-electron chi connectivity index (χ3n) is 3.96. The van der Waals surface area contributed by atoms with Crippen LogP contribution in [0.5, 0.6) is 0 Å². The zero-order chi connectivity index (χ0) is 16.4. The predicted octanol–water partition coefficient (Wildman–Crippen LogP) is -0.430. The van der Waals surface area contributed by atoms with E-state index in [0.29, 0.717) is 44.0 Å². The van der Waals surface area contributed by atoms with Gasteiger partial charge in [-0.15, -0.1) is 0 Å². The third-order valence-corrected chi connectivity index (χ3v) is 4.95. The Balaban J connectivity index is 1.68. The lowest BCUT2D eigenvalue weighted by atomic mass is 10.1. The summed E-state index contributed by atoms with van der Waals surface area (Å²) in [5, 5.41) is 11.2. The Kier molecular flexibility index (Phi) is 4.53. The molecule has 0 aliphatic carbocycles. The molecule has 0 aromatic heterocycles. The van der Waals surface area contributed by atoms with Crippen LogP contribution in [0.4, 0.5) is 11.4 Å². The highest BCUT2D eigenvalue weighted by molar-refractivity contribution is 7.90. The molecule has 23 heavy (non-hydrogen) atoms. The first-order chi connectivity index (χ1) is 10.9. The Morgan fingerprint density at radius 1 is 1.48 bits per heavy atom. The first kappa shape index (κ1) is 16.2. The molecule has 1 fully saturated rings. The van der Waals surface area contributed by atoms with E-state index in [9.17, 15) is 13.2 Å². The minimum absolute atomic E-state index is 0.000838. The van der Waals surface area contributed by atoms with Crippen LogP contribution in [0.25, 0.3) is 0 Å². The predicted molar refractivity (Wildman–Crippen MR) is 86.5 cm³/mol. The number of rotatable bonds is 4. The Hall–Kier alpha value is -1.68. The summed E-state index contributed by atoms with van der Waals surface area (Å²) in [6, 6.07) is 5.24. The zero-order valence-corrected chi connectivity index (χ0v) is 13.4. The van der Waals surface area contributed by atoms with E-state index in [0.717, 1.165) is 16.4 Å². The number of benzene rings is 1. The van der Waals surface area contributed by atoms with E-state index in [-0.39, 0.29) is 11.9 Å². The minimum atomic E-state index is -3.79. The number of nitrogens with one attached hydrogen (secondary N) is 2. The number of nitrogens with zero attached hydrogens (tertiary/aromatic N) is 1. The number of hydrogen-bond donors (Lipinski definition) is 3.